The van der Waals surface area contributed by atoms with Gasteiger partial charge < -0.3 is 19.5 Å². The van der Waals surface area contributed by atoms with Crippen LogP contribution in [0.2, 0.25) is 0 Å². The fourth-order valence-electron chi connectivity index (χ4n) is 4.63. The molecule has 2 heterocycles. The first-order valence-electron chi connectivity index (χ1n) is 11.7. The molecule has 1 aliphatic heterocycles. The highest BCUT2D eigenvalue weighted by Gasteiger charge is 2.28. The molecule has 5 nitrogen and oxygen atoms in total. The molecule has 2 aromatic carbocycles. The van der Waals surface area contributed by atoms with Crippen LogP contribution in [0, 0.1) is 12.7 Å². The van der Waals surface area contributed by atoms with Gasteiger partial charge in [0.15, 0.2) is 0 Å². The number of anilines is 1. The van der Waals surface area contributed by atoms with E-state index in [0.29, 0.717) is 0 Å². The average molecular weight is 449 g/mol. The van der Waals surface area contributed by atoms with Gasteiger partial charge in [0.05, 0.1) is 36.9 Å². The van der Waals surface area contributed by atoms with Crippen LogP contribution in [0.4, 0.5) is 10.1 Å². The third-order valence-electron chi connectivity index (χ3n) is 6.32. The maximum Gasteiger partial charge on any atom is 0.144 e. The van der Waals surface area contributed by atoms with Crippen molar-refractivity contribution in [1.29, 1.82) is 0 Å². The lowest BCUT2D eigenvalue weighted by Gasteiger charge is -2.42. The number of hydrogen-bond donors (Lipinski definition) is 1. The number of rotatable bonds is 7. The van der Waals surface area contributed by atoms with Crippen molar-refractivity contribution in [1.82, 2.24) is 14.5 Å². The number of methoxy groups -OCH3 is 1. The summed E-state index contributed by atoms with van der Waals surface area (Å²) in [6.07, 6.45) is 9.22. The topological polar surface area (TPSA) is 42.3 Å². The van der Waals surface area contributed by atoms with Crippen LogP contribution < -0.4 is 10.1 Å². The van der Waals surface area contributed by atoms with Gasteiger partial charge in [-0.05, 0) is 62.9 Å². The minimum Gasteiger partial charge on any atom is -0.494 e. The number of imidazole rings is 1. The smallest absolute Gasteiger partial charge is 0.144 e. The van der Waals surface area contributed by atoms with Gasteiger partial charge in [0, 0.05) is 30.2 Å². The highest BCUT2D eigenvalue weighted by molar-refractivity contribution is 5.59. The van der Waals surface area contributed by atoms with Crippen molar-refractivity contribution >= 4 is 5.69 Å². The third-order valence-corrected chi connectivity index (χ3v) is 6.32. The molecule has 2 atom stereocenters. The number of nitrogens with one attached hydrogen (secondary N) is 1. The summed E-state index contributed by atoms with van der Waals surface area (Å²) in [5, 5.41) is 3.74. The summed E-state index contributed by atoms with van der Waals surface area (Å²) >= 11 is 0. The van der Waals surface area contributed by atoms with Crippen molar-refractivity contribution in [2.75, 3.05) is 19.0 Å². The largest absolute Gasteiger partial charge is 0.494 e. The number of allylic oxidation sites excluding steroid dienone is 1. The van der Waals surface area contributed by atoms with Crippen LogP contribution in [-0.4, -0.2) is 34.1 Å². The van der Waals surface area contributed by atoms with E-state index in [4.69, 9.17) is 4.74 Å². The second-order valence-corrected chi connectivity index (χ2v) is 8.61. The highest BCUT2D eigenvalue weighted by atomic mass is 19.1. The monoisotopic (exact) mass is 448 g/mol. The molecule has 1 fully saturated rings. The molecule has 0 bridgehead atoms. The van der Waals surface area contributed by atoms with Crippen LogP contribution in [0.15, 0.2) is 66.8 Å². The van der Waals surface area contributed by atoms with Crippen molar-refractivity contribution in [2.45, 2.75) is 52.1 Å². The van der Waals surface area contributed by atoms with E-state index >= 15 is 0 Å². The molecule has 4 rings (SSSR count). The third kappa shape index (κ3) is 5.05. The predicted molar refractivity (Wildman–Crippen MR) is 131 cm³/mol. The van der Waals surface area contributed by atoms with Crippen molar-refractivity contribution in [2.24, 2.45) is 0 Å². The molecule has 174 valence electrons. The number of halogens is 1. The first-order valence-corrected chi connectivity index (χ1v) is 11.7. The molecule has 6 heteroatoms. The van der Waals surface area contributed by atoms with Gasteiger partial charge >= 0.3 is 0 Å². The molecule has 1 N–H and O–H groups in total. The molecule has 33 heavy (non-hydrogen) atoms. The standard InChI is InChI=1S/C27H33FN4O/c1-5-7-25-24(8-6-15-32(25)20(3)21-9-11-22(28)12-10-21)30-23-13-14-26(27(16-23)33-4)31-17-19(2)29-18-31/h7,9-14,16-18,20,24,30H,5-6,8,15H2,1-4H3/b25-7+. The van der Waals surface area contributed by atoms with Crippen LogP contribution >= 0.6 is 0 Å². The van der Waals surface area contributed by atoms with Crippen LogP contribution in [-0.2, 0) is 0 Å². The number of benzene rings is 2. The van der Waals surface area contributed by atoms with Gasteiger partial charge in [0.2, 0.25) is 0 Å². The minimum absolute atomic E-state index is 0.175. The van der Waals surface area contributed by atoms with Crippen molar-refractivity contribution in [3.63, 3.8) is 0 Å². The molecule has 1 aromatic heterocycles. The number of ether oxygens (including phenoxy) is 1. The number of piperidine rings is 1. The first kappa shape index (κ1) is 22.9. The zero-order valence-electron chi connectivity index (χ0n) is 19.9. The van der Waals surface area contributed by atoms with Gasteiger partial charge in [-0.3, -0.25) is 0 Å². The zero-order valence-corrected chi connectivity index (χ0v) is 19.9. The van der Waals surface area contributed by atoms with Crippen LogP contribution in [0.1, 0.15) is 50.4 Å². The van der Waals surface area contributed by atoms with Crippen molar-refractivity contribution in [3.8, 4) is 11.4 Å². The van der Waals surface area contributed by atoms with Gasteiger partial charge in [-0.25, -0.2) is 9.37 Å². The Hall–Kier alpha value is -3.28. The molecular weight excluding hydrogens is 415 g/mol. The number of aryl methyl sites for hydroxylation is 1. The number of aromatic nitrogens is 2. The Balaban J connectivity index is 1.57. The summed E-state index contributed by atoms with van der Waals surface area (Å²) in [6.45, 7) is 7.33. The summed E-state index contributed by atoms with van der Waals surface area (Å²) in [6, 6.07) is 13.5. The molecular formula is C27H33FN4O. The maximum atomic E-state index is 13.4. The second kappa shape index (κ2) is 10.1. The first-order chi connectivity index (χ1) is 16.0. The lowest BCUT2D eigenvalue weighted by Crippen LogP contribution is -2.41. The normalized spacial score (nSPS) is 18.4. The number of nitrogens with zero attached hydrogens (tertiary/aromatic N) is 3. The van der Waals surface area contributed by atoms with Crippen LogP contribution in [0.25, 0.3) is 5.69 Å². The maximum absolute atomic E-state index is 13.4. The molecule has 0 radical (unpaired) electrons. The van der Waals surface area contributed by atoms with Crippen molar-refractivity contribution in [3.05, 3.63) is 83.8 Å². The Morgan fingerprint density at radius 3 is 2.70 bits per heavy atom. The van der Waals surface area contributed by atoms with E-state index in [2.05, 4.69) is 53.3 Å². The van der Waals surface area contributed by atoms with E-state index in [-0.39, 0.29) is 17.9 Å². The van der Waals surface area contributed by atoms with E-state index in [0.717, 1.165) is 54.2 Å². The van der Waals surface area contributed by atoms with Crippen LogP contribution in [0.5, 0.6) is 5.75 Å². The average Bonchev–Trinajstić information content (AvgIpc) is 3.26. The second-order valence-electron chi connectivity index (χ2n) is 8.61. The molecule has 0 spiro atoms. The van der Waals surface area contributed by atoms with Gasteiger partial charge in [-0.1, -0.05) is 25.1 Å². The van der Waals surface area contributed by atoms with E-state index in [9.17, 15) is 4.39 Å². The molecule has 1 aliphatic rings. The summed E-state index contributed by atoms with van der Waals surface area (Å²) in [7, 11) is 1.70. The fraction of sp³-hybridized carbons (Fsp3) is 0.370. The molecule has 0 saturated carbocycles. The summed E-state index contributed by atoms with van der Waals surface area (Å²) in [5.41, 5.74) is 5.37. The molecule has 2 unspecified atom stereocenters. The quantitative estimate of drug-likeness (QED) is 0.463. The molecule has 3 aromatic rings. The van der Waals surface area contributed by atoms with E-state index in [1.165, 1.54) is 5.70 Å². The number of likely N-dealkylation sites (tertiary alicyclic amines) is 1. The van der Waals surface area contributed by atoms with E-state index in [1.54, 1.807) is 25.6 Å². The predicted octanol–water partition coefficient (Wildman–Crippen LogP) is 6.26. The van der Waals surface area contributed by atoms with E-state index < -0.39 is 0 Å². The number of hydrogen-bond acceptors (Lipinski definition) is 4. The fourth-order valence-corrected chi connectivity index (χ4v) is 4.63. The Kier molecular flexibility index (Phi) is 7.02. The molecule has 1 saturated heterocycles. The van der Waals surface area contributed by atoms with Gasteiger partial charge in [0.25, 0.3) is 0 Å². The summed E-state index contributed by atoms with van der Waals surface area (Å²) < 4.78 is 21.1. The highest BCUT2D eigenvalue weighted by Crippen LogP contribution is 2.34. The van der Waals surface area contributed by atoms with Crippen molar-refractivity contribution < 1.29 is 9.13 Å². The summed E-state index contributed by atoms with van der Waals surface area (Å²) in [5.74, 6) is 0.600. The zero-order chi connectivity index (χ0) is 23.4. The minimum atomic E-state index is -0.197. The Labute approximate surface area is 195 Å². The Morgan fingerprint density at radius 1 is 1.24 bits per heavy atom. The SMILES string of the molecule is CC/C=C1\C(Nc2ccc(-n3cnc(C)c3)c(OC)c2)CCCN1C(C)c1ccc(F)cc1. The molecule has 0 amide bonds. The van der Waals surface area contributed by atoms with Gasteiger partial charge in [0.1, 0.15) is 11.6 Å². The lowest BCUT2D eigenvalue weighted by molar-refractivity contribution is 0.221. The summed E-state index contributed by atoms with van der Waals surface area (Å²) in [4.78, 5) is 6.78. The van der Waals surface area contributed by atoms with E-state index in [1.807, 2.05) is 29.8 Å². The van der Waals surface area contributed by atoms with Gasteiger partial charge in [-0.2, -0.15) is 0 Å². The van der Waals surface area contributed by atoms with Gasteiger partial charge in [-0.15, -0.1) is 0 Å². The molecule has 0 aliphatic carbocycles. The Bertz CT molecular complexity index is 1110. The van der Waals surface area contributed by atoms with Crippen LogP contribution in [0.3, 0.4) is 0 Å². The lowest BCUT2D eigenvalue weighted by atomic mass is 9.95. The Morgan fingerprint density at radius 2 is 2.03 bits per heavy atom.